The van der Waals surface area contributed by atoms with Crippen LogP contribution in [-0.2, 0) is 14.3 Å². The lowest BCUT2D eigenvalue weighted by Gasteiger charge is -2.60. The number of esters is 1. The lowest BCUT2D eigenvalue weighted by molar-refractivity contribution is -0.144. The molecule has 0 bridgehead atoms. The maximum atomic E-state index is 12.1. The molecule has 102 valence electrons. The molecule has 0 aliphatic carbocycles. The molecule has 1 aliphatic heterocycles. The summed E-state index contributed by atoms with van der Waals surface area (Å²) in [7, 11) is -2.47. The van der Waals surface area contributed by atoms with Crippen LogP contribution in [0.25, 0.3) is 0 Å². The van der Waals surface area contributed by atoms with Crippen molar-refractivity contribution in [3.8, 4) is 0 Å². The van der Waals surface area contributed by atoms with Crippen molar-refractivity contribution in [2.75, 3.05) is 6.61 Å². The first-order valence-corrected chi connectivity index (χ1v) is 8.42. The van der Waals surface area contributed by atoms with E-state index >= 15 is 0 Å². The van der Waals surface area contributed by atoms with Crippen LogP contribution in [0, 0.1) is 0 Å². The largest absolute Gasteiger partial charge is 0.466 e. The minimum atomic E-state index is -2.47. The molecule has 4 nitrogen and oxygen atoms in total. The van der Waals surface area contributed by atoms with Gasteiger partial charge in [-0.3, -0.25) is 4.79 Å². The van der Waals surface area contributed by atoms with Crippen LogP contribution < -0.4 is 0 Å². The Labute approximate surface area is 110 Å². The molecule has 1 heterocycles. The summed E-state index contributed by atoms with van der Waals surface area (Å²) in [6.45, 7) is 12.6. The summed E-state index contributed by atoms with van der Waals surface area (Å²) in [6, 6.07) is 0. The Morgan fingerprint density at radius 3 is 2.39 bits per heavy atom. The topological polar surface area (TPSA) is 55.7 Å². The molecular weight excluding hydrogens is 246 g/mol. The molecule has 0 aromatic heterocycles. The van der Waals surface area contributed by atoms with Crippen LogP contribution in [0.2, 0.25) is 15.6 Å². The van der Waals surface area contributed by atoms with E-state index in [0.717, 1.165) is 6.42 Å². The number of rotatable bonds is 3. The van der Waals surface area contributed by atoms with E-state index in [9.17, 15) is 9.59 Å². The summed E-state index contributed by atoms with van der Waals surface area (Å²) >= 11 is 0. The molecule has 0 spiro atoms. The summed E-state index contributed by atoms with van der Waals surface area (Å²) in [5.74, 6) is -0.197. The summed E-state index contributed by atoms with van der Waals surface area (Å²) in [6.07, 6.45) is 2.48. The van der Waals surface area contributed by atoms with E-state index < -0.39 is 8.24 Å². The van der Waals surface area contributed by atoms with Gasteiger partial charge in [0.25, 0.3) is 0 Å². The van der Waals surface area contributed by atoms with Gasteiger partial charge in [-0.2, -0.15) is 0 Å². The Morgan fingerprint density at radius 1 is 1.50 bits per heavy atom. The van der Waals surface area contributed by atoms with Crippen molar-refractivity contribution in [3.63, 3.8) is 0 Å². The first-order chi connectivity index (χ1) is 8.14. The molecule has 2 atom stereocenters. The second-order valence-electron chi connectivity index (χ2n) is 6.61. The number of nitrogens with zero attached hydrogens (tertiary/aromatic N) is 1. The van der Waals surface area contributed by atoms with Crippen LogP contribution >= 0.6 is 0 Å². The van der Waals surface area contributed by atoms with Gasteiger partial charge in [-0.1, -0.05) is 34.6 Å². The van der Waals surface area contributed by atoms with Gasteiger partial charge >= 0.3 is 5.97 Å². The average molecular weight is 269 g/mol. The molecule has 0 unspecified atom stereocenters. The molecule has 1 rings (SSSR count). The van der Waals surface area contributed by atoms with Gasteiger partial charge in [0.05, 0.1) is 12.1 Å². The number of hydrogen-bond donors (Lipinski definition) is 0. The normalized spacial score (nSPS) is 30.0. The van der Waals surface area contributed by atoms with Crippen molar-refractivity contribution in [3.05, 3.63) is 0 Å². The number of ether oxygens (including phenoxy) is 1. The van der Waals surface area contributed by atoms with Crippen LogP contribution in [0.4, 0.5) is 0 Å². The third kappa shape index (κ3) is 1.95. The van der Waals surface area contributed by atoms with Gasteiger partial charge < -0.3 is 4.74 Å². The highest BCUT2D eigenvalue weighted by Gasteiger charge is 2.72. The van der Waals surface area contributed by atoms with Gasteiger partial charge in [0.1, 0.15) is 0 Å². The van der Waals surface area contributed by atoms with Gasteiger partial charge in [-0.25, -0.2) is 9.45 Å². The van der Waals surface area contributed by atoms with Gasteiger partial charge in [0, 0.05) is 0 Å². The Balaban J connectivity index is 3.25. The molecule has 1 saturated heterocycles. The monoisotopic (exact) mass is 269 g/mol. The summed E-state index contributed by atoms with van der Waals surface area (Å²) in [4.78, 5) is 22.9. The van der Waals surface area contributed by atoms with E-state index in [0.29, 0.717) is 6.61 Å². The number of hydrogen-bond acceptors (Lipinski definition) is 4. The Hall–Kier alpha value is -0.933. The van der Waals surface area contributed by atoms with E-state index in [1.165, 1.54) is 0 Å². The predicted molar refractivity (Wildman–Crippen MR) is 72.6 cm³/mol. The molecular formula is C13H23NO3Si. The zero-order valence-corrected chi connectivity index (χ0v) is 13.2. The smallest absolute Gasteiger partial charge is 0.308 e. The zero-order valence-electron chi connectivity index (χ0n) is 12.2. The highest BCUT2D eigenvalue weighted by Crippen LogP contribution is 2.70. The summed E-state index contributed by atoms with van der Waals surface area (Å²) in [5, 5.41) is -0.232. The highest BCUT2D eigenvalue weighted by atomic mass is 28.3. The van der Waals surface area contributed by atoms with Gasteiger partial charge in [0.2, 0.25) is 14.3 Å². The summed E-state index contributed by atoms with van der Waals surface area (Å²) in [5.41, 5.74) is -0.214. The minimum Gasteiger partial charge on any atom is -0.466 e. The van der Waals surface area contributed by atoms with Gasteiger partial charge in [-0.15, -0.1) is 0 Å². The molecule has 0 aromatic rings. The van der Waals surface area contributed by atoms with Gasteiger partial charge in [0.15, 0.2) is 0 Å². The zero-order chi connectivity index (χ0) is 14.2. The number of carbonyl (C=O) groups is 1. The van der Waals surface area contributed by atoms with Crippen LogP contribution in [-0.4, -0.2) is 26.9 Å². The fourth-order valence-electron chi connectivity index (χ4n) is 3.66. The average Bonchev–Trinajstić information content (AvgIpc) is 2.21. The van der Waals surface area contributed by atoms with E-state index in [4.69, 9.17) is 4.74 Å². The standard InChI is InChI=1S/C13H23NO3Si/c1-7-17-11(16)10-8-13(5,6)18(10,14-9-15)12(2,3)4/h10H,7-8H2,1-6H3/t10-,18-/m1/s1. The van der Waals surface area contributed by atoms with Gasteiger partial charge in [-0.05, 0) is 23.4 Å². The molecule has 18 heavy (non-hydrogen) atoms. The van der Waals surface area contributed by atoms with Crippen LogP contribution in [0.5, 0.6) is 0 Å². The van der Waals surface area contributed by atoms with Crippen molar-refractivity contribution in [1.82, 2.24) is 0 Å². The Bertz CT molecular complexity index is 381. The maximum Gasteiger partial charge on any atom is 0.308 e. The fourth-order valence-corrected chi connectivity index (χ4v) is 10.00. The van der Waals surface area contributed by atoms with Crippen molar-refractivity contribution in [2.24, 2.45) is 4.66 Å². The molecule has 0 saturated carbocycles. The quantitative estimate of drug-likeness (QED) is 0.342. The first kappa shape index (κ1) is 15.1. The molecule has 0 aromatic carbocycles. The van der Waals surface area contributed by atoms with Crippen molar-refractivity contribution >= 4 is 20.3 Å². The maximum absolute atomic E-state index is 12.1. The van der Waals surface area contributed by atoms with Crippen molar-refractivity contribution < 1.29 is 14.3 Å². The van der Waals surface area contributed by atoms with Crippen molar-refractivity contribution in [2.45, 2.75) is 63.6 Å². The molecule has 1 aliphatic rings. The summed E-state index contributed by atoms with van der Waals surface area (Å²) < 4.78 is 9.34. The van der Waals surface area contributed by atoms with Crippen molar-refractivity contribution in [1.29, 1.82) is 0 Å². The van der Waals surface area contributed by atoms with E-state index in [2.05, 4.69) is 39.3 Å². The van der Waals surface area contributed by atoms with E-state index in [1.807, 2.05) is 0 Å². The SMILES string of the molecule is CCOC(=O)[C@H]1CC(C)(C)[Si@]1(N=C=O)C(C)(C)C. The molecule has 5 heteroatoms. The molecule has 0 amide bonds. The molecule has 1 fully saturated rings. The second-order valence-corrected chi connectivity index (χ2v) is 11.9. The number of isocyanates is 1. The third-order valence-corrected chi connectivity index (χ3v) is 10.6. The molecule has 0 N–H and O–H groups in total. The Kier molecular flexibility index (Phi) is 3.89. The van der Waals surface area contributed by atoms with E-state index in [-0.39, 0.29) is 21.6 Å². The molecule has 0 radical (unpaired) electrons. The van der Waals surface area contributed by atoms with Crippen LogP contribution in [0.1, 0.15) is 48.0 Å². The lowest BCUT2D eigenvalue weighted by Crippen LogP contribution is -2.65. The number of carbonyl (C=O) groups excluding carboxylic acids is 2. The highest BCUT2D eigenvalue weighted by molar-refractivity contribution is 6.90. The third-order valence-electron chi connectivity index (χ3n) is 4.19. The van der Waals surface area contributed by atoms with Crippen LogP contribution in [0.15, 0.2) is 4.66 Å². The Morgan fingerprint density at radius 2 is 2.06 bits per heavy atom. The fraction of sp³-hybridized carbons (Fsp3) is 0.846. The lowest BCUT2D eigenvalue weighted by atomic mass is 10.0. The minimum absolute atomic E-state index is 0.0694. The van der Waals surface area contributed by atoms with Crippen LogP contribution in [0.3, 0.4) is 0 Å². The van der Waals surface area contributed by atoms with E-state index in [1.54, 1.807) is 13.0 Å². The second kappa shape index (κ2) is 4.63. The first-order valence-electron chi connectivity index (χ1n) is 6.39. The predicted octanol–water partition coefficient (Wildman–Crippen LogP) is 3.19.